The molecule has 1 saturated carbocycles. The highest BCUT2D eigenvalue weighted by molar-refractivity contribution is 5.21. The number of hydrogen-bond acceptors (Lipinski definition) is 2. The largest absolute Gasteiger partial charge is 0.387 e. The average Bonchev–Trinajstić information content (AvgIpc) is 2.47. The summed E-state index contributed by atoms with van der Waals surface area (Å²) < 4.78 is 26.6. The molecular formula is C16H23F2NO. The van der Waals surface area contributed by atoms with Crippen LogP contribution in [0.15, 0.2) is 18.2 Å². The molecule has 2 rings (SSSR count). The van der Waals surface area contributed by atoms with Gasteiger partial charge in [0, 0.05) is 18.2 Å². The van der Waals surface area contributed by atoms with Gasteiger partial charge in [-0.3, -0.25) is 0 Å². The second kappa shape index (κ2) is 7.14. The van der Waals surface area contributed by atoms with Crippen molar-refractivity contribution in [1.29, 1.82) is 0 Å². The van der Waals surface area contributed by atoms with Crippen LogP contribution in [0.3, 0.4) is 0 Å². The fourth-order valence-electron chi connectivity index (χ4n) is 3.01. The van der Waals surface area contributed by atoms with E-state index < -0.39 is 17.7 Å². The van der Waals surface area contributed by atoms with E-state index in [0.29, 0.717) is 6.04 Å². The Labute approximate surface area is 119 Å². The molecule has 1 fully saturated rings. The number of aliphatic hydroxyl groups excluding tert-OH is 1. The SMILES string of the molecule is CCC1CCCC(NCC(O)c2cc(F)ccc2F)C1. The Morgan fingerprint density at radius 2 is 2.15 bits per heavy atom. The van der Waals surface area contributed by atoms with Gasteiger partial charge in [-0.05, 0) is 37.0 Å². The lowest BCUT2D eigenvalue weighted by atomic mass is 9.84. The smallest absolute Gasteiger partial charge is 0.129 e. The van der Waals surface area contributed by atoms with Crippen molar-refractivity contribution in [1.82, 2.24) is 5.32 Å². The Bertz CT molecular complexity index is 438. The van der Waals surface area contributed by atoms with Crippen LogP contribution in [0.5, 0.6) is 0 Å². The van der Waals surface area contributed by atoms with Crippen molar-refractivity contribution in [3.05, 3.63) is 35.4 Å². The van der Waals surface area contributed by atoms with Crippen molar-refractivity contribution in [2.75, 3.05) is 6.54 Å². The highest BCUT2D eigenvalue weighted by Crippen LogP contribution is 2.27. The molecule has 0 bridgehead atoms. The molecule has 1 aliphatic carbocycles. The second-order valence-corrected chi connectivity index (χ2v) is 5.73. The van der Waals surface area contributed by atoms with Crippen LogP contribution >= 0.6 is 0 Å². The minimum atomic E-state index is -1.01. The summed E-state index contributed by atoms with van der Waals surface area (Å²) in [6.07, 6.45) is 4.84. The van der Waals surface area contributed by atoms with E-state index in [0.717, 1.165) is 37.0 Å². The lowest BCUT2D eigenvalue weighted by Crippen LogP contribution is -2.36. The Hall–Kier alpha value is -1.00. The first-order chi connectivity index (χ1) is 9.60. The van der Waals surface area contributed by atoms with E-state index in [2.05, 4.69) is 12.2 Å². The highest BCUT2D eigenvalue weighted by atomic mass is 19.1. The van der Waals surface area contributed by atoms with Gasteiger partial charge < -0.3 is 10.4 Å². The zero-order valence-corrected chi connectivity index (χ0v) is 11.9. The molecule has 112 valence electrons. The van der Waals surface area contributed by atoms with Gasteiger partial charge in [-0.15, -0.1) is 0 Å². The molecule has 0 aliphatic heterocycles. The first kappa shape index (κ1) is 15.4. The van der Waals surface area contributed by atoms with Crippen LogP contribution in [-0.2, 0) is 0 Å². The van der Waals surface area contributed by atoms with Crippen molar-refractivity contribution in [3.63, 3.8) is 0 Å². The van der Waals surface area contributed by atoms with Gasteiger partial charge in [-0.1, -0.05) is 26.2 Å². The summed E-state index contributed by atoms with van der Waals surface area (Å²) in [5.74, 6) is -0.343. The molecule has 20 heavy (non-hydrogen) atoms. The standard InChI is InChI=1S/C16H23F2NO/c1-2-11-4-3-5-13(8-11)19-10-16(20)14-9-12(17)6-7-15(14)18/h6-7,9,11,13,16,19-20H,2-5,8,10H2,1H3. The molecule has 4 heteroatoms. The maximum atomic E-state index is 13.5. The second-order valence-electron chi connectivity index (χ2n) is 5.73. The minimum Gasteiger partial charge on any atom is -0.387 e. The Morgan fingerprint density at radius 3 is 2.90 bits per heavy atom. The lowest BCUT2D eigenvalue weighted by molar-refractivity contribution is 0.156. The summed E-state index contributed by atoms with van der Waals surface area (Å²) in [5, 5.41) is 13.3. The summed E-state index contributed by atoms with van der Waals surface area (Å²) in [6, 6.07) is 3.56. The number of aliphatic hydroxyl groups is 1. The van der Waals surface area contributed by atoms with Crippen LogP contribution in [-0.4, -0.2) is 17.7 Å². The number of hydrogen-bond donors (Lipinski definition) is 2. The van der Waals surface area contributed by atoms with Crippen molar-refractivity contribution in [2.24, 2.45) is 5.92 Å². The molecule has 1 aromatic rings. The molecular weight excluding hydrogens is 260 g/mol. The predicted molar refractivity (Wildman–Crippen MR) is 75.4 cm³/mol. The van der Waals surface area contributed by atoms with Crippen molar-refractivity contribution in [2.45, 2.75) is 51.2 Å². The van der Waals surface area contributed by atoms with E-state index in [1.54, 1.807) is 0 Å². The van der Waals surface area contributed by atoms with Gasteiger partial charge in [-0.25, -0.2) is 8.78 Å². The summed E-state index contributed by atoms with van der Waals surface area (Å²) in [5.41, 5.74) is 0.0281. The maximum Gasteiger partial charge on any atom is 0.129 e. The predicted octanol–water partition coefficient (Wildman–Crippen LogP) is 3.56. The molecule has 0 saturated heterocycles. The molecule has 2 nitrogen and oxygen atoms in total. The van der Waals surface area contributed by atoms with Crippen LogP contribution in [0.25, 0.3) is 0 Å². The van der Waals surface area contributed by atoms with Gasteiger partial charge in [0.1, 0.15) is 11.6 Å². The molecule has 3 unspecified atom stereocenters. The monoisotopic (exact) mass is 283 g/mol. The van der Waals surface area contributed by atoms with E-state index >= 15 is 0 Å². The van der Waals surface area contributed by atoms with Crippen LogP contribution in [0.1, 0.15) is 50.7 Å². The van der Waals surface area contributed by atoms with Crippen molar-refractivity contribution < 1.29 is 13.9 Å². The number of benzene rings is 1. The maximum absolute atomic E-state index is 13.5. The molecule has 1 aliphatic rings. The lowest BCUT2D eigenvalue weighted by Gasteiger charge is -2.30. The fourth-order valence-corrected chi connectivity index (χ4v) is 3.01. The van der Waals surface area contributed by atoms with Crippen molar-refractivity contribution >= 4 is 0 Å². The molecule has 0 aromatic heterocycles. The molecule has 0 spiro atoms. The first-order valence-corrected chi connectivity index (χ1v) is 7.46. The average molecular weight is 283 g/mol. The highest BCUT2D eigenvalue weighted by Gasteiger charge is 2.22. The van der Waals surface area contributed by atoms with Gasteiger partial charge in [0.2, 0.25) is 0 Å². The van der Waals surface area contributed by atoms with Crippen LogP contribution in [0.2, 0.25) is 0 Å². The topological polar surface area (TPSA) is 32.3 Å². The third kappa shape index (κ3) is 4.00. The Balaban J connectivity index is 1.88. The quantitative estimate of drug-likeness (QED) is 0.866. The Morgan fingerprint density at radius 1 is 1.35 bits per heavy atom. The summed E-state index contributed by atoms with van der Waals surface area (Å²) >= 11 is 0. The van der Waals surface area contributed by atoms with E-state index in [9.17, 15) is 13.9 Å². The molecule has 2 N–H and O–H groups in total. The van der Waals surface area contributed by atoms with Crippen molar-refractivity contribution in [3.8, 4) is 0 Å². The summed E-state index contributed by atoms with van der Waals surface area (Å²) in [4.78, 5) is 0. The van der Waals surface area contributed by atoms with Gasteiger partial charge in [0.25, 0.3) is 0 Å². The molecule has 0 radical (unpaired) electrons. The molecule has 3 atom stereocenters. The van der Waals surface area contributed by atoms with Gasteiger partial charge >= 0.3 is 0 Å². The van der Waals surface area contributed by atoms with Gasteiger partial charge in [0.15, 0.2) is 0 Å². The minimum absolute atomic E-state index is 0.0281. The number of halogens is 2. The Kier molecular flexibility index (Phi) is 5.49. The van der Waals surface area contributed by atoms with E-state index in [1.807, 2.05) is 0 Å². The zero-order valence-electron chi connectivity index (χ0n) is 11.9. The van der Waals surface area contributed by atoms with Crippen LogP contribution in [0, 0.1) is 17.6 Å². The number of rotatable bonds is 5. The van der Waals surface area contributed by atoms with Gasteiger partial charge in [0.05, 0.1) is 6.10 Å². The molecule has 1 aromatic carbocycles. The van der Waals surface area contributed by atoms with Gasteiger partial charge in [-0.2, -0.15) is 0 Å². The summed E-state index contributed by atoms with van der Waals surface area (Å²) in [6.45, 7) is 2.46. The normalized spacial score (nSPS) is 24.6. The zero-order chi connectivity index (χ0) is 14.5. The number of nitrogens with one attached hydrogen (secondary N) is 1. The molecule has 0 amide bonds. The third-order valence-electron chi connectivity index (χ3n) is 4.28. The van der Waals surface area contributed by atoms with E-state index in [-0.39, 0.29) is 12.1 Å². The molecule has 0 heterocycles. The first-order valence-electron chi connectivity index (χ1n) is 7.46. The van der Waals surface area contributed by atoms with E-state index in [4.69, 9.17) is 0 Å². The summed E-state index contributed by atoms with van der Waals surface area (Å²) in [7, 11) is 0. The van der Waals surface area contributed by atoms with E-state index in [1.165, 1.54) is 19.3 Å². The third-order valence-corrected chi connectivity index (χ3v) is 4.28. The fraction of sp³-hybridized carbons (Fsp3) is 0.625. The van der Waals surface area contributed by atoms with Crippen LogP contribution in [0.4, 0.5) is 8.78 Å². The van der Waals surface area contributed by atoms with Crippen LogP contribution < -0.4 is 5.32 Å².